The smallest absolute Gasteiger partial charge is 0.326 e. The molecule has 1 atom stereocenters. The Kier molecular flexibility index (Phi) is 4.98. The summed E-state index contributed by atoms with van der Waals surface area (Å²) in [5.41, 5.74) is 6.47. The van der Waals surface area contributed by atoms with Gasteiger partial charge in [0.2, 0.25) is 10.0 Å². The molecule has 3 rings (SSSR count). The van der Waals surface area contributed by atoms with Gasteiger partial charge >= 0.3 is 6.18 Å². The SMILES string of the molecule is NCc1cccc(C2CC(C(F)(F)F)=NN2c2ccc(S(N)(=O)=O)cc2)c1. The fourth-order valence-corrected chi connectivity index (χ4v) is 3.41. The number of halogens is 3. The summed E-state index contributed by atoms with van der Waals surface area (Å²) in [6, 6.07) is 11.5. The number of alkyl halides is 3. The van der Waals surface area contributed by atoms with Gasteiger partial charge < -0.3 is 5.73 Å². The molecular formula is C17H17F3N4O2S. The molecule has 1 aliphatic rings. The monoisotopic (exact) mass is 398 g/mol. The van der Waals surface area contributed by atoms with Crippen molar-refractivity contribution >= 4 is 21.4 Å². The lowest BCUT2D eigenvalue weighted by Gasteiger charge is -2.24. The topological polar surface area (TPSA) is 102 Å². The lowest BCUT2D eigenvalue weighted by molar-refractivity contribution is -0.0600. The summed E-state index contributed by atoms with van der Waals surface area (Å²) in [4.78, 5) is -0.132. The second-order valence-electron chi connectivity index (χ2n) is 6.10. The van der Waals surface area contributed by atoms with E-state index in [0.717, 1.165) is 5.56 Å². The van der Waals surface area contributed by atoms with Gasteiger partial charge in [0, 0.05) is 13.0 Å². The van der Waals surface area contributed by atoms with E-state index in [9.17, 15) is 21.6 Å². The van der Waals surface area contributed by atoms with Gasteiger partial charge in [0.15, 0.2) is 0 Å². The van der Waals surface area contributed by atoms with Crippen LogP contribution in [0.2, 0.25) is 0 Å². The number of primary sulfonamides is 1. The number of sulfonamides is 1. The standard InChI is InChI=1S/C17H17F3N4O2S/c18-17(19,20)16-9-15(12-3-1-2-11(8-12)10-21)24(23-16)13-4-6-14(7-5-13)27(22,25)26/h1-8,15H,9-10,21H2,(H2,22,25,26). The van der Waals surface area contributed by atoms with Gasteiger partial charge in [0.1, 0.15) is 5.71 Å². The number of benzene rings is 2. The van der Waals surface area contributed by atoms with Crippen LogP contribution in [0.15, 0.2) is 58.5 Å². The molecule has 2 aromatic rings. The predicted octanol–water partition coefficient (Wildman–Crippen LogP) is 2.66. The zero-order valence-electron chi connectivity index (χ0n) is 14.0. The number of hydrogen-bond donors (Lipinski definition) is 2. The quantitative estimate of drug-likeness (QED) is 0.827. The predicted molar refractivity (Wildman–Crippen MR) is 95.5 cm³/mol. The molecule has 1 aliphatic heterocycles. The minimum atomic E-state index is -4.56. The zero-order chi connectivity index (χ0) is 19.8. The minimum absolute atomic E-state index is 0.132. The summed E-state index contributed by atoms with van der Waals surface area (Å²) in [5, 5.41) is 10.0. The van der Waals surface area contributed by atoms with Crippen molar-refractivity contribution in [2.45, 2.75) is 30.1 Å². The van der Waals surface area contributed by atoms with Crippen molar-refractivity contribution in [1.82, 2.24) is 0 Å². The Bertz CT molecular complexity index is 972. The van der Waals surface area contributed by atoms with Crippen LogP contribution in [0.1, 0.15) is 23.6 Å². The van der Waals surface area contributed by atoms with Gasteiger partial charge in [-0.25, -0.2) is 13.6 Å². The number of rotatable bonds is 4. The van der Waals surface area contributed by atoms with Crippen LogP contribution in [-0.4, -0.2) is 20.3 Å². The zero-order valence-corrected chi connectivity index (χ0v) is 14.8. The third-order valence-corrected chi connectivity index (χ3v) is 5.17. The Hall–Kier alpha value is -2.43. The molecule has 0 bridgehead atoms. The highest BCUT2D eigenvalue weighted by Gasteiger charge is 2.43. The van der Waals surface area contributed by atoms with Crippen molar-refractivity contribution in [3.63, 3.8) is 0 Å². The van der Waals surface area contributed by atoms with Crippen molar-refractivity contribution in [3.05, 3.63) is 59.7 Å². The lowest BCUT2D eigenvalue weighted by Crippen LogP contribution is -2.21. The summed E-state index contributed by atoms with van der Waals surface area (Å²) < 4.78 is 62.5. The summed E-state index contributed by atoms with van der Waals surface area (Å²) in [7, 11) is -3.90. The third kappa shape index (κ3) is 4.12. The maximum atomic E-state index is 13.2. The fraction of sp³-hybridized carbons (Fsp3) is 0.235. The molecule has 10 heteroatoms. The molecule has 0 saturated carbocycles. The second kappa shape index (κ2) is 6.95. The van der Waals surface area contributed by atoms with Gasteiger partial charge in [-0.15, -0.1) is 0 Å². The normalized spacial score (nSPS) is 17.9. The van der Waals surface area contributed by atoms with E-state index in [0.29, 0.717) is 11.3 Å². The van der Waals surface area contributed by atoms with Gasteiger partial charge in [-0.05, 0) is 35.4 Å². The van der Waals surface area contributed by atoms with Crippen LogP contribution in [0.5, 0.6) is 0 Å². The molecule has 6 nitrogen and oxygen atoms in total. The Morgan fingerprint density at radius 1 is 1.15 bits per heavy atom. The number of nitrogens with two attached hydrogens (primary N) is 2. The van der Waals surface area contributed by atoms with Crippen molar-refractivity contribution in [3.8, 4) is 0 Å². The molecule has 0 radical (unpaired) electrons. The Labute approximate surface area is 154 Å². The van der Waals surface area contributed by atoms with Crippen LogP contribution in [0.25, 0.3) is 0 Å². The summed E-state index contributed by atoms with van der Waals surface area (Å²) in [6.07, 6.45) is -4.88. The van der Waals surface area contributed by atoms with Crippen LogP contribution in [0.3, 0.4) is 0 Å². The molecule has 0 saturated heterocycles. The Balaban J connectivity index is 2.03. The van der Waals surface area contributed by atoms with Crippen molar-refractivity contribution < 1.29 is 21.6 Å². The highest BCUT2D eigenvalue weighted by Crippen LogP contribution is 2.39. The third-order valence-electron chi connectivity index (χ3n) is 4.24. The van der Waals surface area contributed by atoms with E-state index >= 15 is 0 Å². The van der Waals surface area contributed by atoms with Gasteiger partial charge in [0.05, 0.1) is 16.6 Å². The number of hydrazone groups is 1. The van der Waals surface area contributed by atoms with E-state index in [2.05, 4.69) is 5.10 Å². The Morgan fingerprint density at radius 2 is 1.81 bits per heavy atom. The molecule has 1 unspecified atom stereocenters. The molecule has 0 aromatic heterocycles. The summed E-state index contributed by atoms with van der Waals surface area (Å²) >= 11 is 0. The molecule has 27 heavy (non-hydrogen) atoms. The van der Waals surface area contributed by atoms with E-state index in [1.807, 2.05) is 0 Å². The van der Waals surface area contributed by atoms with E-state index in [-0.39, 0.29) is 17.9 Å². The summed E-state index contributed by atoms with van der Waals surface area (Å²) in [5.74, 6) is 0. The average Bonchev–Trinajstić information content (AvgIpc) is 3.07. The van der Waals surface area contributed by atoms with Crippen LogP contribution in [-0.2, 0) is 16.6 Å². The Morgan fingerprint density at radius 3 is 2.37 bits per heavy atom. The molecule has 0 aliphatic carbocycles. The molecule has 0 amide bonds. The van der Waals surface area contributed by atoms with E-state index < -0.39 is 28.0 Å². The molecular weight excluding hydrogens is 381 g/mol. The first-order valence-electron chi connectivity index (χ1n) is 7.95. The van der Waals surface area contributed by atoms with E-state index in [1.54, 1.807) is 24.3 Å². The van der Waals surface area contributed by atoms with Crippen molar-refractivity contribution in [1.29, 1.82) is 0 Å². The van der Waals surface area contributed by atoms with Crippen LogP contribution < -0.4 is 15.9 Å². The largest absolute Gasteiger partial charge is 0.431 e. The number of nitrogens with zero attached hydrogens (tertiary/aromatic N) is 2. The molecule has 2 aromatic carbocycles. The van der Waals surface area contributed by atoms with E-state index in [4.69, 9.17) is 10.9 Å². The van der Waals surface area contributed by atoms with Crippen LogP contribution >= 0.6 is 0 Å². The lowest BCUT2D eigenvalue weighted by atomic mass is 9.99. The van der Waals surface area contributed by atoms with Crippen LogP contribution in [0.4, 0.5) is 18.9 Å². The minimum Gasteiger partial charge on any atom is -0.326 e. The van der Waals surface area contributed by atoms with Gasteiger partial charge in [-0.1, -0.05) is 24.3 Å². The average molecular weight is 398 g/mol. The second-order valence-corrected chi connectivity index (χ2v) is 7.66. The van der Waals surface area contributed by atoms with Gasteiger partial charge in [-0.3, -0.25) is 5.01 Å². The van der Waals surface area contributed by atoms with Crippen LogP contribution in [0, 0.1) is 0 Å². The maximum Gasteiger partial charge on any atom is 0.431 e. The van der Waals surface area contributed by atoms with Gasteiger partial charge in [-0.2, -0.15) is 18.3 Å². The maximum absolute atomic E-state index is 13.2. The number of hydrogen-bond acceptors (Lipinski definition) is 5. The molecule has 0 spiro atoms. The highest BCUT2D eigenvalue weighted by atomic mass is 32.2. The molecule has 4 N–H and O–H groups in total. The highest BCUT2D eigenvalue weighted by molar-refractivity contribution is 7.89. The van der Waals surface area contributed by atoms with Crippen molar-refractivity contribution in [2.24, 2.45) is 16.0 Å². The van der Waals surface area contributed by atoms with Gasteiger partial charge in [0.25, 0.3) is 0 Å². The van der Waals surface area contributed by atoms with E-state index in [1.165, 1.54) is 29.3 Å². The fourth-order valence-electron chi connectivity index (χ4n) is 2.90. The molecule has 0 fully saturated rings. The molecule has 144 valence electrons. The first-order valence-corrected chi connectivity index (χ1v) is 9.50. The molecule has 1 heterocycles. The summed E-state index contributed by atoms with van der Waals surface area (Å²) in [6.45, 7) is 0.261. The first kappa shape index (κ1) is 19.3. The first-order chi connectivity index (χ1) is 12.6. The number of anilines is 1. The van der Waals surface area contributed by atoms with Crippen molar-refractivity contribution in [2.75, 3.05) is 5.01 Å².